The van der Waals surface area contributed by atoms with Crippen LogP contribution < -0.4 is 5.32 Å². The molecule has 0 saturated carbocycles. The average molecular weight is 265 g/mol. The molecular weight excluding hydrogens is 246 g/mol. The van der Waals surface area contributed by atoms with Crippen molar-refractivity contribution < 1.29 is 5.11 Å². The molecule has 0 aliphatic rings. The minimum atomic E-state index is 0.242. The molecule has 0 saturated heterocycles. The van der Waals surface area contributed by atoms with Crippen molar-refractivity contribution in [2.75, 3.05) is 13.2 Å². The molecule has 0 aliphatic heterocycles. The molecule has 2 N–H and O–H groups in total. The van der Waals surface area contributed by atoms with E-state index in [1.54, 1.807) is 0 Å². The van der Waals surface area contributed by atoms with Crippen molar-refractivity contribution >= 4 is 21.5 Å². The monoisotopic (exact) mass is 265 g/mol. The van der Waals surface area contributed by atoms with Gasteiger partial charge in [-0.25, -0.2) is 0 Å². The zero-order chi connectivity index (χ0) is 13.8. The first-order valence-electron chi connectivity index (χ1n) is 7.11. The number of fused-ring (bicyclic) bond motifs is 3. The van der Waals surface area contributed by atoms with Gasteiger partial charge in [0.05, 0.1) is 0 Å². The van der Waals surface area contributed by atoms with E-state index < -0.39 is 0 Å². The molecule has 20 heavy (non-hydrogen) atoms. The van der Waals surface area contributed by atoms with Crippen molar-refractivity contribution in [1.29, 1.82) is 0 Å². The number of aliphatic hydroxyl groups is 1. The molecule has 3 aromatic rings. The predicted octanol–water partition coefficient (Wildman–Crippen LogP) is 3.47. The number of aliphatic hydroxyl groups excluding tert-OH is 1. The van der Waals surface area contributed by atoms with Gasteiger partial charge < -0.3 is 10.4 Å². The lowest BCUT2D eigenvalue weighted by Crippen LogP contribution is -2.15. The first kappa shape index (κ1) is 13.1. The SMILES string of the molecule is OCCCNCc1cc2ccccc2c2ccccc12. The van der Waals surface area contributed by atoms with E-state index in [4.69, 9.17) is 5.11 Å². The molecule has 0 fully saturated rings. The van der Waals surface area contributed by atoms with Gasteiger partial charge in [-0.15, -0.1) is 0 Å². The minimum Gasteiger partial charge on any atom is -0.396 e. The second kappa shape index (κ2) is 6.04. The second-order valence-electron chi connectivity index (χ2n) is 5.06. The van der Waals surface area contributed by atoms with Gasteiger partial charge in [0.25, 0.3) is 0 Å². The maximum absolute atomic E-state index is 8.84. The van der Waals surface area contributed by atoms with Crippen molar-refractivity contribution in [2.45, 2.75) is 13.0 Å². The summed E-state index contributed by atoms with van der Waals surface area (Å²) >= 11 is 0. The van der Waals surface area contributed by atoms with Gasteiger partial charge in [-0.05, 0) is 46.1 Å². The molecular formula is C18H19NO. The van der Waals surface area contributed by atoms with Crippen LogP contribution in [0, 0.1) is 0 Å². The molecule has 0 atom stereocenters. The van der Waals surface area contributed by atoms with Gasteiger partial charge in [0, 0.05) is 13.2 Å². The third-order valence-corrected chi connectivity index (χ3v) is 3.68. The fraction of sp³-hybridized carbons (Fsp3) is 0.222. The summed E-state index contributed by atoms with van der Waals surface area (Å²) in [6.07, 6.45) is 0.797. The van der Waals surface area contributed by atoms with Crippen LogP contribution in [-0.2, 0) is 6.54 Å². The van der Waals surface area contributed by atoms with Crippen LogP contribution in [-0.4, -0.2) is 18.3 Å². The van der Waals surface area contributed by atoms with E-state index in [2.05, 4.69) is 59.9 Å². The van der Waals surface area contributed by atoms with E-state index in [9.17, 15) is 0 Å². The normalized spacial score (nSPS) is 11.2. The highest BCUT2D eigenvalue weighted by atomic mass is 16.3. The number of hydrogen-bond acceptors (Lipinski definition) is 2. The first-order chi connectivity index (χ1) is 9.90. The van der Waals surface area contributed by atoms with E-state index in [0.29, 0.717) is 0 Å². The molecule has 0 radical (unpaired) electrons. The second-order valence-corrected chi connectivity index (χ2v) is 5.06. The minimum absolute atomic E-state index is 0.242. The Morgan fingerprint density at radius 1 is 0.850 bits per heavy atom. The fourth-order valence-corrected chi connectivity index (χ4v) is 2.70. The molecule has 0 bridgehead atoms. The van der Waals surface area contributed by atoms with Crippen LogP contribution in [0.3, 0.4) is 0 Å². The highest BCUT2D eigenvalue weighted by Crippen LogP contribution is 2.28. The summed E-state index contributed by atoms with van der Waals surface area (Å²) in [7, 11) is 0. The Kier molecular flexibility index (Phi) is 3.95. The molecule has 0 heterocycles. The molecule has 3 rings (SSSR count). The Balaban J connectivity index is 2.05. The molecule has 0 aromatic heterocycles. The Bertz CT molecular complexity index is 721. The van der Waals surface area contributed by atoms with Gasteiger partial charge in [-0.1, -0.05) is 48.5 Å². The van der Waals surface area contributed by atoms with Gasteiger partial charge in [-0.3, -0.25) is 0 Å². The summed E-state index contributed by atoms with van der Waals surface area (Å²) in [5, 5.41) is 17.4. The summed E-state index contributed by atoms with van der Waals surface area (Å²) in [6, 6.07) is 19.4. The van der Waals surface area contributed by atoms with Crippen molar-refractivity contribution in [3.05, 3.63) is 60.2 Å². The van der Waals surface area contributed by atoms with Crippen LogP contribution in [0.25, 0.3) is 21.5 Å². The van der Waals surface area contributed by atoms with E-state index in [1.807, 2.05) is 0 Å². The van der Waals surface area contributed by atoms with Crippen molar-refractivity contribution in [3.8, 4) is 0 Å². The summed E-state index contributed by atoms with van der Waals surface area (Å²) < 4.78 is 0. The van der Waals surface area contributed by atoms with Gasteiger partial charge in [-0.2, -0.15) is 0 Å². The van der Waals surface area contributed by atoms with Crippen LogP contribution >= 0.6 is 0 Å². The summed E-state index contributed by atoms with van der Waals surface area (Å²) in [6.45, 7) is 1.93. The molecule has 0 spiro atoms. The smallest absolute Gasteiger partial charge is 0.0443 e. The Morgan fingerprint density at radius 2 is 1.55 bits per heavy atom. The number of hydrogen-bond donors (Lipinski definition) is 2. The van der Waals surface area contributed by atoms with Crippen molar-refractivity contribution in [3.63, 3.8) is 0 Å². The lowest BCUT2D eigenvalue weighted by Gasteiger charge is -2.11. The predicted molar refractivity (Wildman–Crippen MR) is 84.9 cm³/mol. The maximum atomic E-state index is 8.84. The third-order valence-electron chi connectivity index (χ3n) is 3.68. The van der Waals surface area contributed by atoms with E-state index in [0.717, 1.165) is 19.5 Å². The molecule has 0 amide bonds. The standard InChI is InChI=1S/C18H19NO/c20-11-5-10-19-13-15-12-14-6-1-2-7-16(14)18-9-4-3-8-17(15)18/h1-4,6-9,12,19-20H,5,10-11,13H2. The van der Waals surface area contributed by atoms with Crippen LogP contribution in [0.4, 0.5) is 0 Å². The van der Waals surface area contributed by atoms with Gasteiger partial charge in [0.1, 0.15) is 0 Å². The highest BCUT2D eigenvalue weighted by molar-refractivity contribution is 6.08. The Labute approximate surface area is 119 Å². The van der Waals surface area contributed by atoms with Crippen molar-refractivity contribution in [2.24, 2.45) is 0 Å². The van der Waals surface area contributed by atoms with Gasteiger partial charge >= 0.3 is 0 Å². The van der Waals surface area contributed by atoms with Crippen LogP contribution in [0.15, 0.2) is 54.6 Å². The van der Waals surface area contributed by atoms with Crippen LogP contribution in [0.1, 0.15) is 12.0 Å². The maximum Gasteiger partial charge on any atom is 0.0443 e. The van der Waals surface area contributed by atoms with E-state index in [-0.39, 0.29) is 6.61 Å². The van der Waals surface area contributed by atoms with E-state index in [1.165, 1.54) is 27.1 Å². The Morgan fingerprint density at radius 3 is 2.35 bits per heavy atom. The molecule has 2 nitrogen and oxygen atoms in total. The molecule has 2 heteroatoms. The van der Waals surface area contributed by atoms with E-state index >= 15 is 0 Å². The van der Waals surface area contributed by atoms with Gasteiger partial charge in [0.15, 0.2) is 0 Å². The summed E-state index contributed by atoms with van der Waals surface area (Å²) in [4.78, 5) is 0. The summed E-state index contributed by atoms with van der Waals surface area (Å²) in [5.74, 6) is 0. The van der Waals surface area contributed by atoms with Gasteiger partial charge in [0.2, 0.25) is 0 Å². The van der Waals surface area contributed by atoms with Crippen molar-refractivity contribution in [1.82, 2.24) is 5.32 Å². The topological polar surface area (TPSA) is 32.3 Å². The zero-order valence-corrected chi connectivity index (χ0v) is 11.5. The number of rotatable bonds is 5. The third kappa shape index (κ3) is 2.53. The molecule has 3 aromatic carbocycles. The largest absolute Gasteiger partial charge is 0.396 e. The first-order valence-corrected chi connectivity index (χ1v) is 7.11. The molecule has 0 aliphatic carbocycles. The number of benzene rings is 3. The molecule has 102 valence electrons. The van der Waals surface area contributed by atoms with Crippen LogP contribution in [0.2, 0.25) is 0 Å². The highest BCUT2D eigenvalue weighted by Gasteiger charge is 2.05. The Hall–Kier alpha value is -1.90. The molecule has 0 unspecified atom stereocenters. The average Bonchev–Trinajstić information content (AvgIpc) is 2.51. The summed E-state index contributed by atoms with van der Waals surface area (Å²) in [5.41, 5.74) is 1.32. The quantitative estimate of drug-likeness (QED) is 0.547. The lowest BCUT2D eigenvalue weighted by atomic mass is 9.97. The fourth-order valence-electron chi connectivity index (χ4n) is 2.70. The van der Waals surface area contributed by atoms with Crippen LogP contribution in [0.5, 0.6) is 0 Å². The number of nitrogens with one attached hydrogen (secondary N) is 1. The lowest BCUT2D eigenvalue weighted by molar-refractivity contribution is 0.286. The zero-order valence-electron chi connectivity index (χ0n) is 11.5.